The highest BCUT2D eigenvalue weighted by Gasteiger charge is 2.12. The zero-order valence-electron chi connectivity index (χ0n) is 14.0. The summed E-state index contributed by atoms with van der Waals surface area (Å²) in [4.78, 5) is 11.3. The van der Waals surface area contributed by atoms with Crippen molar-refractivity contribution in [2.75, 3.05) is 41.3 Å². The average molecular weight is 384 g/mol. The molecule has 0 rings (SSSR count). The van der Waals surface area contributed by atoms with Gasteiger partial charge in [0.1, 0.15) is 0 Å². The summed E-state index contributed by atoms with van der Waals surface area (Å²) in [5.41, 5.74) is 0. The van der Waals surface area contributed by atoms with Crippen molar-refractivity contribution in [1.29, 1.82) is 0 Å². The van der Waals surface area contributed by atoms with Crippen molar-refractivity contribution in [3.05, 3.63) is 0 Å². The van der Waals surface area contributed by atoms with Crippen molar-refractivity contribution < 1.29 is 0 Å². The molecule has 0 aromatic rings. The number of nitrogens with zero attached hydrogens (tertiary/aromatic N) is 4. The first-order valence-corrected chi connectivity index (χ1v) is 6.92. The molecule has 5 heteroatoms. The number of hydrogen-bond donors (Lipinski definition) is 0. The Kier molecular flexibility index (Phi) is 12.0. The maximum Gasteiger partial charge on any atom is 0.195 e. The minimum atomic E-state index is 0. The summed E-state index contributed by atoms with van der Waals surface area (Å²) in [6, 6.07) is 1.22. The Bertz CT molecular complexity index is 232. The zero-order valence-corrected chi connectivity index (χ0v) is 16.3. The molecule has 0 bridgehead atoms. The number of rotatable bonds is 6. The van der Waals surface area contributed by atoms with Gasteiger partial charge in [0.15, 0.2) is 5.96 Å². The number of aliphatic imine (C=N–C) groups is 1. The summed E-state index contributed by atoms with van der Waals surface area (Å²) in [6.07, 6.45) is 1.11. The van der Waals surface area contributed by atoms with Crippen LogP contribution in [0.3, 0.4) is 0 Å². The van der Waals surface area contributed by atoms with Gasteiger partial charge >= 0.3 is 0 Å². The Morgan fingerprint density at radius 3 is 1.63 bits per heavy atom. The summed E-state index contributed by atoms with van der Waals surface area (Å²) in [5.74, 6) is 1.04. The fraction of sp³-hybridized carbons (Fsp3) is 0.929. The van der Waals surface area contributed by atoms with Gasteiger partial charge in [-0.15, -0.1) is 24.0 Å². The smallest absolute Gasteiger partial charge is 0.195 e. The van der Waals surface area contributed by atoms with Crippen molar-refractivity contribution in [2.24, 2.45) is 4.99 Å². The molecule has 0 N–H and O–H groups in total. The van der Waals surface area contributed by atoms with E-state index in [0.29, 0.717) is 12.1 Å². The maximum atomic E-state index is 4.66. The predicted octanol–water partition coefficient (Wildman–Crippen LogP) is 2.59. The SMILES string of the molecule is CC(C)N(CCCN=C(N(C)C)N(C)C)C(C)C.I. The van der Waals surface area contributed by atoms with Crippen molar-refractivity contribution in [1.82, 2.24) is 14.7 Å². The molecule has 0 aliphatic rings. The normalized spacial score (nSPS) is 10.7. The lowest BCUT2D eigenvalue weighted by molar-refractivity contribution is 0.174. The van der Waals surface area contributed by atoms with Gasteiger partial charge in [0.05, 0.1) is 0 Å². The number of hydrogen-bond acceptors (Lipinski definition) is 2. The fourth-order valence-electron chi connectivity index (χ4n) is 2.23. The summed E-state index contributed by atoms with van der Waals surface area (Å²) in [5, 5.41) is 0. The summed E-state index contributed by atoms with van der Waals surface area (Å²) < 4.78 is 0. The van der Waals surface area contributed by atoms with Crippen LogP contribution in [-0.2, 0) is 0 Å². The van der Waals surface area contributed by atoms with E-state index in [0.717, 1.165) is 25.5 Å². The monoisotopic (exact) mass is 384 g/mol. The lowest BCUT2D eigenvalue weighted by Gasteiger charge is -2.30. The Morgan fingerprint density at radius 2 is 1.32 bits per heavy atom. The molecule has 0 spiro atoms. The van der Waals surface area contributed by atoms with Gasteiger partial charge in [-0.3, -0.25) is 9.89 Å². The zero-order chi connectivity index (χ0) is 14.3. The van der Waals surface area contributed by atoms with E-state index in [9.17, 15) is 0 Å². The van der Waals surface area contributed by atoms with Crippen molar-refractivity contribution >= 4 is 29.9 Å². The van der Waals surface area contributed by atoms with Gasteiger partial charge in [-0.2, -0.15) is 0 Å². The molecule has 0 aliphatic carbocycles. The van der Waals surface area contributed by atoms with Gasteiger partial charge in [0.25, 0.3) is 0 Å². The van der Waals surface area contributed by atoms with Gasteiger partial charge in [0.2, 0.25) is 0 Å². The quantitative estimate of drug-likeness (QED) is 0.304. The molecule has 4 nitrogen and oxygen atoms in total. The van der Waals surface area contributed by atoms with Crippen LogP contribution in [0.1, 0.15) is 34.1 Å². The Labute approximate surface area is 137 Å². The largest absolute Gasteiger partial charge is 0.349 e. The molecule has 0 amide bonds. The molecule has 0 radical (unpaired) electrons. The Hall–Kier alpha value is -0.0400. The van der Waals surface area contributed by atoms with Crippen LogP contribution in [0.2, 0.25) is 0 Å². The molecular formula is C14H33IN4. The van der Waals surface area contributed by atoms with Crippen LogP contribution in [0.25, 0.3) is 0 Å². The van der Waals surface area contributed by atoms with E-state index in [2.05, 4.69) is 47.4 Å². The number of guanidine groups is 1. The summed E-state index contributed by atoms with van der Waals surface area (Å²) >= 11 is 0. The van der Waals surface area contributed by atoms with Crippen LogP contribution >= 0.6 is 24.0 Å². The van der Waals surface area contributed by atoms with Gasteiger partial charge < -0.3 is 9.80 Å². The molecule has 19 heavy (non-hydrogen) atoms. The van der Waals surface area contributed by atoms with Crippen LogP contribution in [0.4, 0.5) is 0 Å². The van der Waals surface area contributed by atoms with Crippen LogP contribution in [0.5, 0.6) is 0 Å². The first-order chi connectivity index (χ1) is 8.27. The predicted molar refractivity (Wildman–Crippen MR) is 96.7 cm³/mol. The second-order valence-electron chi connectivity index (χ2n) is 5.75. The van der Waals surface area contributed by atoms with Crippen molar-refractivity contribution in [3.8, 4) is 0 Å². The molecular weight excluding hydrogens is 351 g/mol. The standard InChI is InChI=1S/C14H32N4.HI/c1-12(2)18(13(3)4)11-9-10-15-14(16(5)6)17(7)8;/h12-13H,9-11H2,1-8H3;1H. The van der Waals surface area contributed by atoms with E-state index in [1.807, 2.05) is 28.2 Å². The van der Waals surface area contributed by atoms with E-state index in [1.165, 1.54) is 0 Å². The fourth-order valence-corrected chi connectivity index (χ4v) is 2.23. The van der Waals surface area contributed by atoms with Crippen LogP contribution in [0.15, 0.2) is 4.99 Å². The van der Waals surface area contributed by atoms with Gasteiger partial charge in [0, 0.05) is 53.4 Å². The minimum absolute atomic E-state index is 0. The highest BCUT2D eigenvalue weighted by molar-refractivity contribution is 14.0. The van der Waals surface area contributed by atoms with Crippen LogP contribution < -0.4 is 0 Å². The summed E-state index contributed by atoms with van der Waals surface area (Å²) in [6.45, 7) is 11.0. The van der Waals surface area contributed by atoms with Gasteiger partial charge in [-0.25, -0.2) is 0 Å². The van der Waals surface area contributed by atoms with E-state index in [4.69, 9.17) is 0 Å². The lowest BCUT2D eigenvalue weighted by Crippen LogP contribution is -2.38. The molecule has 0 atom stereocenters. The molecule has 0 aromatic carbocycles. The van der Waals surface area contributed by atoms with Gasteiger partial charge in [-0.1, -0.05) is 0 Å². The average Bonchev–Trinajstić information content (AvgIpc) is 2.20. The third-order valence-electron chi connectivity index (χ3n) is 2.95. The molecule has 0 fully saturated rings. The third kappa shape index (κ3) is 8.68. The highest BCUT2D eigenvalue weighted by Crippen LogP contribution is 2.05. The molecule has 0 saturated carbocycles. The van der Waals surface area contributed by atoms with Gasteiger partial charge in [-0.05, 0) is 34.1 Å². The molecule has 0 saturated heterocycles. The van der Waals surface area contributed by atoms with E-state index < -0.39 is 0 Å². The lowest BCUT2D eigenvalue weighted by atomic mass is 10.2. The van der Waals surface area contributed by atoms with Crippen LogP contribution in [0, 0.1) is 0 Å². The molecule has 0 heterocycles. The maximum absolute atomic E-state index is 4.66. The molecule has 0 aliphatic heterocycles. The topological polar surface area (TPSA) is 22.1 Å². The highest BCUT2D eigenvalue weighted by atomic mass is 127. The first kappa shape index (κ1) is 21.3. The first-order valence-electron chi connectivity index (χ1n) is 6.92. The Morgan fingerprint density at radius 1 is 0.895 bits per heavy atom. The molecule has 0 aromatic heterocycles. The number of halogens is 1. The van der Waals surface area contributed by atoms with Crippen molar-refractivity contribution in [3.63, 3.8) is 0 Å². The second-order valence-corrected chi connectivity index (χ2v) is 5.75. The van der Waals surface area contributed by atoms with E-state index >= 15 is 0 Å². The Balaban J connectivity index is 0. The van der Waals surface area contributed by atoms with E-state index in [-0.39, 0.29) is 24.0 Å². The minimum Gasteiger partial charge on any atom is -0.349 e. The third-order valence-corrected chi connectivity index (χ3v) is 2.95. The van der Waals surface area contributed by atoms with Crippen LogP contribution in [-0.4, -0.2) is 74.0 Å². The summed E-state index contributed by atoms with van der Waals surface area (Å²) in [7, 11) is 8.14. The molecule has 0 unspecified atom stereocenters. The van der Waals surface area contributed by atoms with E-state index in [1.54, 1.807) is 0 Å². The van der Waals surface area contributed by atoms with Crippen molar-refractivity contribution in [2.45, 2.75) is 46.2 Å². The second kappa shape index (κ2) is 10.7. The molecule has 116 valence electrons.